The van der Waals surface area contributed by atoms with E-state index in [0.29, 0.717) is 23.4 Å². The molecule has 0 saturated heterocycles. The topological polar surface area (TPSA) is 119 Å². The van der Waals surface area contributed by atoms with Crippen LogP contribution >= 0.6 is 0 Å². The van der Waals surface area contributed by atoms with Crippen molar-refractivity contribution in [3.63, 3.8) is 0 Å². The van der Waals surface area contributed by atoms with Crippen molar-refractivity contribution in [2.45, 2.75) is 51.3 Å². The largest absolute Gasteiger partial charge is 0.380 e. The predicted molar refractivity (Wildman–Crippen MR) is 143 cm³/mol. The fraction of sp³-hybridized carbons (Fsp3) is 0.357. The molecule has 1 fully saturated rings. The van der Waals surface area contributed by atoms with E-state index in [4.69, 9.17) is 10.5 Å². The van der Waals surface area contributed by atoms with Gasteiger partial charge in [0.2, 0.25) is 11.9 Å². The van der Waals surface area contributed by atoms with E-state index < -0.39 is 11.6 Å². The molecule has 5 rings (SSSR count). The number of aromatic nitrogens is 4. The second kappa shape index (κ2) is 11.0. The van der Waals surface area contributed by atoms with E-state index in [1.807, 2.05) is 6.07 Å². The first-order valence-electron chi connectivity index (χ1n) is 12.8. The molecule has 3 heterocycles. The standard InChI is InChI=1S/C28H31F2N7O2/c1-15-8-18(11-23(31)27(15)34-16(2)38)20-6-7-32-13-25(20)35-28-33-12-19-4-5-24(36-37(19)28)26-21(29)9-17(14-39-3)10-22(26)30/h4-7,9-10,12-13,15,18,23,27H,8,11,14,31H2,1-3H3,(H,33,35)(H,34,38). The summed E-state index contributed by atoms with van der Waals surface area (Å²) in [5.41, 5.74) is 9.19. The highest BCUT2D eigenvalue weighted by atomic mass is 19.1. The minimum Gasteiger partial charge on any atom is -0.380 e. The molecular weight excluding hydrogens is 504 g/mol. The van der Waals surface area contributed by atoms with Gasteiger partial charge in [0.25, 0.3) is 0 Å². The fourth-order valence-electron chi connectivity index (χ4n) is 5.53. The first kappa shape index (κ1) is 26.6. The maximum absolute atomic E-state index is 14.9. The van der Waals surface area contributed by atoms with Crippen LogP contribution in [-0.2, 0) is 16.1 Å². The van der Waals surface area contributed by atoms with Crippen LogP contribution in [0.2, 0.25) is 0 Å². The van der Waals surface area contributed by atoms with Gasteiger partial charge in [-0.15, -0.1) is 0 Å². The Morgan fingerprint density at radius 3 is 2.64 bits per heavy atom. The SMILES string of the molecule is COCc1cc(F)c(-c2ccc3cnc(Nc4cnccc4C4CC(C)C(NC(C)=O)C(N)C4)n3n2)c(F)c1. The average Bonchev–Trinajstić information content (AvgIpc) is 3.28. The summed E-state index contributed by atoms with van der Waals surface area (Å²) >= 11 is 0. The maximum atomic E-state index is 14.9. The monoisotopic (exact) mass is 535 g/mol. The van der Waals surface area contributed by atoms with Crippen LogP contribution in [0.3, 0.4) is 0 Å². The Bertz CT molecular complexity index is 1470. The van der Waals surface area contributed by atoms with Crippen molar-refractivity contribution in [1.29, 1.82) is 0 Å². The van der Waals surface area contributed by atoms with Crippen molar-refractivity contribution in [3.05, 3.63) is 71.7 Å². The zero-order valence-electron chi connectivity index (χ0n) is 22.0. The van der Waals surface area contributed by atoms with E-state index in [1.54, 1.807) is 30.7 Å². The van der Waals surface area contributed by atoms with Crippen molar-refractivity contribution in [3.8, 4) is 11.3 Å². The number of imidazole rings is 1. The third kappa shape index (κ3) is 5.45. The summed E-state index contributed by atoms with van der Waals surface area (Å²) in [5, 5.41) is 10.8. The molecule has 0 spiro atoms. The van der Waals surface area contributed by atoms with Gasteiger partial charge in [-0.2, -0.15) is 9.61 Å². The van der Waals surface area contributed by atoms with Gasteiger partial charge in [-0.1, -0.05) is 6.92 Å². The molecule has 0 bridgehead atoms. The van der Waals surface area contributed by atoms with Crippen molar-refractivity contribution in [2.75, 3.05) is 12.4 Å². The molecule has 204 valence electrons. The van der Waals surface area contributed by atoms with Gasteiger partial charge in [0.15, 0.2) is 0 Å². The zero-order chi connectivity index (χ0) is 27.7. The number of hydrogen-bond donors (Lipinski definition) is 3. The number of amides is 1. The summed E-state index contributed by atoms with van der Waals surface area (Å²) < 4.78 is 36.3. The Kier molecular flexibility index (Phi) is 7.53. The van der Waals surface area contributed by atoms with E-state index in [0.717, 1.165) is 17.7 Å². The van der Waals surface area contributed by atoms with Gasteiger partial charge in [-0.05, 0) is 66.1 Å². The molecule has 4 aromatic rings. The molecule has 1 aromatic carbocycles. The lowest BCUT2D eigenvalue weighted by molar-refractivity contribution is -0.120. The minimum absolute atomic E-state index is 0.0831. The van der Waals surface area contributed by atoms with Gasteiger partial charge in [-0.25, -0.2) is 13.8 Å². The Labute approximate surface area is 224 Å². The summed E-state index contributed by atoms with van der Waals surface area (Å²) in [5.74, 6) is -0.844. The molecule has 9 nitrogen and oxygen atoms in total. The van der Waals surface area contributed by atoms with E-state index in [1.165, 1.54) is 30.7 Å². The van der Waals surface area contributed by atoms with Crippen molar-refractivity contribution in [2.24, 2.45) is 11.7 Å². The lowest BCUT2D eigenvalue weighted by atomic mass is 9.73. The molecular formula is C28H31F2N7O2. The third-order valence-corrected chi connectivity index (χ3v) is 7.25. The van der Waals surface area contributed by atoms with E-state index in [2.05, 4.69) is 32.6 Å². The number of nitrogens with zero attached hydrogens (tertiary/aromatic N) is 4. The van der Waals surface area contributed by atoms with Crippen molar-refractivity contribution in [1.82, 2.24) is 24.9 Å². The number of ether oxygens (including phenoxy) is 1. The van der Waals surface area contributed by atoms with Crippen LogP contribution in [0.5, 0.6) is 0 Å². The van der Waals surface area contributed by atoms with Crippen LogP contribution < -0.4 is 16.4 Å². The van der Waals surface area contributed by atoms with Gasteiger partial charge in [0.1, 0.15) is 11.6 Å². The number of fused-ring (bicyclic) bond motifs is 1. The number of nitrogens with one attached hydrogen (secondary N) is 2. The number of methoxy groups -OCH3 is 1. The van der Waals surface area contributed by atoms with Gasteiger partial charge in [0.05, 0.1) is 41.5 Å². The van der Waals surface area contributed by atoms with Crippen LogP contribution in [0.4, 0.5) is 20.4 Å². The molecule has 1 aliphatic rings. The van der Waals surface area contributed by atoms with E-state index in [-0.39, 0.29) is 47.7 Å². The van der Waals surface area contributed by atoms with Gasteiger partial charge >= 0.3 is 0 Å². The summed E-state index contributed by atoms with van der Waals surface area (Å²) in [6.45, 7) is 3.70. The quantitative estimate of drug-likeness (QED) is 0.323. The molecule has 0 aliphatic heterocycles. The number of nitrogens with two attached hydrogens (primary N) is 1. The number of halogens is 2. The Morgan fingerprint density at radius 1 is 1.18 bits per heavy atom. The molecule has 0 radical (unpaired) electrons. The smallest absolute Gasteiger partial charge is 0.229 e. The Morgan fingerprint density at radius 2 is 1.95 bits per heavy atom. The molecule has 4 atom stereocenters. The molecule has 4 unspecified atom stereocenters. The fourth-order valence-corrected chi connectivity index (χ4v) is 5.53. The van der Waals surface area contributed by atoms with Crippen molar-refractivity contribution < 1.29 is 18.3 Å². The number of anilines is 2. The van der Waals surface area contributed by atoms with E-state index in [9.17, 15) is 13.6 Å². The zero-order valence-corrected chi connectivity index (χ0v) is 22.0. The molecule has 4 N–H and O–H groups in total. The van der Waals surface area contributed by atoms with Crippen LogP contribution in [0.25, 0.3) is 16.8 Å². The molecule has 1 amide bonds. The van der Waals surface area contributed by atoms with Crippen LogP contribution in [0, 0.1) is 17.6 Å². The number of rotatable bonds is 7. The molecule has 1 saturated carbocycles. The van der Waals surface area contributed by atoms with Crippen LogP contribution in [0.15, 0.2) is 48.9 Å². The van der Waals surface area contributed by atoms with Gasteiger partial charge < -0.3 is 21.1 Å². The highest BCUT2D eigenvalue weighted by Crippen LogP contribution is 2.39. The Hall–Kier alpha value is -3.96. The molecule has 1 aliphatic carbocycles. The number of carbonyl (C=O) groups is 1. The summed E-state index contributed by atoms with van der Waals surface area (Å²) in [7, 11) is 1.46. The maximum Gasteiger partial charge on any atom is 0.229 e. The lowest BCUT2D eigenvalue weighted by Gasteiger charge is -2.39. The van der Waals surface area contributed by atoms with Crippen LogP contribution in [0.1, 0.15) is 43.7 Å². The lowest BCUT2D eigenvalue weighted by Crippen LogP contribution is -2.54. The first-order chi connectivity index (χ1) is 18.7. The first-order valence-corrected chi connectivity index (χ1v) is 12.8. The van der Waals surface area contributed by atoms with Gasteiger partial charge in [0, 0.05) is 32.3 Å². The second-order valence-electron chi connectivity index (χ2n) is 10.1. The van der Waals surface area contributed by atoms with Crippen LogP contribution in [-0.4, -0.2) is 44.7 Å². The normalized spacial score (nSPS) is 21.2. The minimum atomic E-state index is -0.724. The number of hydrogen-bond acceptors (Lipinski definition) is 7. The molecule has 3 aromatic heterocycles. The number of benzene rings is 1. The highest BCUT2D eigenvalue weighted by Gasteiger charge is 2.35. The predicted octanol–water partition coefficient (Wildman–Crippen LogP) is 4.31. The summed E-state index contributed by atoms with van der Waals surface area (Å²) in [6, 6.07) is 7.43. The van der Waals surface area contributed by atoms with Gasteiger partial charge in [-0.3, -0.25) is 9.78 Å². The molecule has 39 heavy (non-hydrogen) atoms. The number of pyridine rings is 1. The summed E-state index contributed by atoms with van der Waals surface area (Å²) in [4.78, 5) is 20.4. The molecule has 11 heteroatoms. The number of carbonyl (C=O) groups excluding carboxylic acids is 1. The van der Waals surface area contributed by atoms with Crippen molar-refractivity contribution >= 4 is 23.1 Å². The summed E-state index contributed by atoms with van der Waals surface area (Å²) in [6.07, 6.45) is 6.59. The Balaban J connectivity index is 1.45. The average molecular weight is 536 g/mol. The third-order valence-electron chi connectivity index (χ3n) is 7.25. The highest BCUT2D eigenvalue weighted by molar-refractivity contribution is 5.73. The second-order valence-corrected chi connectivity index (χ2v) is 10.1. The van der Waals surface area contributed by atoms with E-state index >= 15 is 0 Å².